The highest BCUT2D eigenvalue weighted by Gasteiger charge is 2.14. The lowest BCUT2D eigenvalue weighted by Crippen LogP contribution is -2.12. The molecule has 0 bridgehead atoms. The van der Waals surface area contributed by atoms with Crippen molar-refractivity contribution in [1.29, 1.82) is 0 Å². The van der Waals surface area contributed by atoms with E-state index in [0.29, 0.717) is 5.69 Å². The van der Waals surface area contributed by atoms with Crippen molar-refractivity contribution in [2.45, 2.75) is 4.90 Å². The molecule has 2 heterocycles. The van der Waals surface area contributed by atoms with Gasteiger partial charge in [0.15, 0.2) is 0 Å². The van der Waals surface area contributed by atoms with E-state index >= 15 is 0 Å². The smallest absolute Gasteiger partial charge is 0.263 e. The molecular formula is C9H7ClN2O2S2. The zero-order valence-corrected chi connectivity index (χ0v) is 10.3. The maximum absolute atomic E-state index is 11.8. The van der Waals surface area contributed by atoms with Gasteiger partial charge in [-0.3, -0.25) is 4.72 Å². The summed E-state index contributed by atoms with van der Waals surface area (Å²) in [7, 11) is -3.56. The molecule has 84 valence electrons. The lowest BCUT2D eigenvalue weighted by molar-refractivity contribution is 0.601. The summed E-state index contributed by atoms with van der Waals surface area (Å²) < 4.78 is 26.1. The van der Waals surface area contributed by atoms with Crippen molar-refractivity contribution in [3.63, 3.8) is 0 Å². The van der Waals surface area contributed by atoms with Crippen LogP contribution in [0.1, 0.15) is 0 Å². The van der Waals surface area contributed by atoms with Crippen LogP contribution in [0.2, 0.25) is 5.15 Å². The summed E-state index contributed by atoms with van der Waals surface area (Å²) in [4.78, 5) is 3.81. The van der Waals surface area contributed by atoms with Crippen LogP contribution in [0.4, 0.5) is 5.69 Å². The van der Waals surface area contributed by atoms with Crippen molar-refractivity contribution in [2.24, 2.45) is 0 Å². The van der Waals surface area contributed by atoms with Crippen molar-refractivity contribution < 1.29 is 8.42 Å². The molecule has 0 aliphatic carbocycles. The van der Waals surface area contributed by atoms with E-state index in [2.05, 4.69) is 9.71 Å². The van der Waals surface area contributed by atoms with Crippen molar-refractivity contribution in [3.8, 4) is 0 Å². The minimum Gasteiger partial charge on any atom is -0.279 e. The van der Waals surface area contributed by atoms with E-state index in [-0.39, 0.29) is 10.0 Å². The molecule has 0 radical (unpaired) electrons. The first-order chi connectivity index (χ1) is 7.58. The van der Waals surface area contributed by atoms with Gasteiger partial charge in [-0.2, -0.15) is 11.3 Å². The molecule has 16 heavy (non-hydrogen) atoms. The zero-order chi connectivity index (χ0) is 11.6. The average Bonchev–Trinajstić information content (AvgIpc) is 2.70. The number of hydrogen-bond acceptors (Lipinski definition) is 4. The highest BCUT2D eigenvalue weighted by atomic mass is 35.5. The second-order valence-corrected chi connectivity index (χ2v) is 5.78. The predicted molar refractivity (Wildman–Crippen MR) is 64.4 cm³/mol. The number of nitrogens with zero attached hydrogens (tertiary/aromatic N) is 1. The van der Waals surface area contributed by atoms with Gasteiger partial charge >= 0.3 is 0 Å². The molecule has 0 aliphatic rings. The summed E-state index contributed by atoms with van der Waals surface area (Å²) in [6, 6.07) is 4.53. The first-order valence-corrected chi connectivity index (χ1v) is 7.05. The van der Waals surface area contributed by atoms with E-state index in [4.69, 9.17) is 11.6 Å². The second kappa shape index (κ2) is 4.40. The minimum absolute atomic E-state index is 0.0862. The molecule has 0 saturated carbocycles. The standard InChI is InChI=1S/C9H7ClN2O2S2/c10-9-2-1-8(5-11-9)16(13,14)12-7-3-4-15-6-7/h1-6,12H. The van der Waals surface area contributed by atoms with Crippen molar-refractivity contribution in [2.75, 3.05) is 4.72 Å². The van der Waals surface area contributed by atoms with Crippen LogP contribution in [0.3, 0.4) is 0 Å². The number of nitrogens with one attached hydrogen (secondary N) is 1. The Morgan fingerprint density at radius 3 is 2.69 bits per heavy atom. The molecule has 0 amide bonds. The molecule has 0 aromatic carbocycles. The third-order valence-electron chi connectivity index (χ3n) is 1.78. The molecule has 0 aliphatic heterocycles. The Morgan fingerprint density at radius 1 is 1.31 bits per heavy atom. The maximum Gasteiger partial charge on any atom is 0.263 e. The highest BCUT2D eigenvalue weighted by molar-refractivity contribution is 7.92. The van der Waals surface area contributed by atoms with Gasteiger partial charge in [-0.15, -0.1) is 0 Å². The van der Waals surface area contributed by atoms with E-state index in [1.165, 1.54) is 29.7 Å². The Labute approximate surface area is 102 Å². The number of anilines is 1. The van der Waals surface area contributed by atoms with Crippen LogP contribution in [0.5, 0.6) is 0 Å². The molecule has 0 fully saturated rings. The monoisotopic (exact) mass is 274 g/mol. The number of halogens is 1. The largest absolute Gasteiger partial charge is 0.279 e. The average molecular weight is 275 g/mol. The van der Waals surface area contributed by atoms with Crippen LogP contribution in [-0.2, 0) is 10.0 Å². The van der Waals surface area contributed by atoms with Gasteiger partial charge in [0.25, 0.3) is 10.0 Å². The van der Waals surface area contributed by atoms with Gasteiger partial charge in [-0.05, 0) is 23.6 Å². The first-order valence-electron chi connectivity index (χ1n) is 4.24. The molecule has 1 N–H and O–H groups in total. The van der Waals surface area contributed by atoms with Crippen LogP contribution in [0, 0.1) is 0 Å². The van der Waals surface area contributed by atoms with Gasteiger partial charge in [-0.1, -0.05) is 11.6 Å². The van der Waals surface area contributed by atoms with E-state index in [9.17, 15) is 8.42 Å². The molecular weight excluding hydrogens is 268 g/mol. The van der Waals surface area contributed by atoms with Gasteiger partial charge in [0, 0.05) is 11.6 Å². The van der Waals surface area contributed by atoms with Gasteiger partial charge in [0.05, 0.1) is 5.69 Å². The Bertz CT molecular complexity index is 564. The molecule has 2 rings (SSSR count). The quantitative estimate of drug-likeness (QED) is 0.875. The van der Waals surface area contributed by atoms with Crippen molar-refractivity contribution in [1.82, 2.24) is 4.98 Å². The number of rotatable bonds is 3. The lowest BCUT2D eigenvalue weighted by Gasteiger charge is -2.05. The lowest BCUT2D eigenvalue weighted by atomic mass is 10.5. The normalized spacial score (nSPS) is 11.3. The van der Waals surface area contributed by atoms with Crippen molar-refractivity contribution in [3.05, 3.63) is 40.3 Å². The third kappa shape index (κ3) is 2.52. The topological polar surface area (TPSA) is 59.1 Å². The minimum atomic E-state index is -3.56. The van der Waals surface area contributed by atoms with Gasteiger partial charge in [0.2, 0.25) is 0 Å². The van der Waals surface area contributed by atoms with Crippen molar-refractivity contribution >= 4 is 38.6 Å². The van der Waals surface area contributed by atoms with Gasteiger partial charge in [-0.25, -0.2) is 13.4 Å². The molecule has 0 atom stereocenters. The number of pyridine rings is 1. The molecule has 0 unspecified atom stereocenters. The van der Waals surface area contributed by atoms with E-state index in [0.717, 1.165) is 0 Å². The van der Waals surface area contributed by atoms with E-state index < -0.39 is 10.0 Å². The van der Waals surface area contributed by atoms with Crippen LogP contribution in [0.15, 0.2) is 40.1 Å². The fourth-order valence-corrected chi connectivity index (χ4v) is 2.83. The second-order valence-electron chi connectivity index (χ2n) is 2.93. The predicted octanol–water partition coefficient (Wildman–Crippen LogP) is 2.60. The number of thiophene rings is 1. The summed E-state index contributed by atoms with van der Waals surface area (Å²) in [6.07, 6.45) is 1.22. The Balaban J connectivity index is 2.29. The number of aromatic nitrogens is 1. The van der Waals surface area contributed by atoms with Crippen LogP contribution >= 0.6 is 22.9 Å². The number of sulfonamides is 1. The molecule has 0 saturated heterocycles. The van der Waals surface area contributed by atoms with E-state index in [1.807, 2.05) is 0 Å². The fraction of sp³-hybridized carbons (Fsp3) is 0. The fourth-order valence-electron chi connectivity index (χ4n) is 1.06. The summed E-state index contributed by atoms with van der Waals surface area (Å²) >= 11 is 6.99. The highest BCUT2D eigenvalue weighted by Crippen LogP contribution is 2.18. The summed E-state index contributed by atoms with van der Waals surface area (Å²) in [5.41, 5.74) is 0.542. The molecule has 0 spiro atoms. The Morgan fingerprint density at radius 2 is 2.12 bits per heavy atom. The van der Waals surface area contributed by atoms with Crippen LogP contribution in [-0.4, -0.2) is 13.4 Å². The zero-order valence-electron chi connectivity index (χ0n) is 7.92. The Kier molecular flexibility index (Phi) is 3.13. The summed E-state index contributed by atoms with van der Waals surface area (Å²) in [5, 5.41) is 3.76. The molecule has 4 nitrogen and oxygen atoms in total. The third-order valence-corrected chi connectivity index (χ3v) is 4.06. The number of hydrogen-bond donors (Lipinski definition) is 1. The maximum atomic E-state index is 11.8. The summed E-state index contributed by atoms with van der Waals surface area (Å²) in [6.45, 7) is 0. The SMILES string of the molecule is O=S(=O)(Nc1ccsc1)c1ccc(Cl)nc1. The molecule has 2 aromatic heterocycles. The molecule has 7 heteroatoms. The first kappa shape index (κ1) is 11.4. The summed E-state index contributed by atoms with van der Waals surface area (Å²) in [5.74, 6) is 0. The molecule has 2 aromatic rings. The van der Waals surface area contributed by atoms with Gasteiger partial charge in [0.1, 0.15) is 10.0 Å². The van der Waals surface area contributed by atoms with Gasteiger partial charge < -0.3 is 0 Å². The Hall–Kier alpha value is -1.11. The van der Waals surface area contributed by atoms with Crippen LogP contribution in [0.25, 0.3) is 0 Å². The van der Waals surface area contributed by atoms with Crippen LogP contribution < -0.4 is 4.72 Å². The van der Waals surface area contributed by atoms with E-state index in [1.54, 1.807) is 16.8 Å².